The number of fused-ring (bicyclic) bond motifs is 1. The molecule has 5 rings (SSSR count). The monoisotopic (exact) mass is 486 g/mol. The quantitative estimate of drug-likeness (QED) is 0.282. The van der Waals surface area contributed by atoms with E-state index in [0.717, 1.165) is 34.5 Å². The molecule has 4 aromatic heterocycles. The number of halogens is 1. The summed E-state index contributed by atoms with van der Waals surface area (Å²) in [6.45, 7) is 5.83. The third-order valence-electron chi connectivity index (χ3n) is 6.25. The highest BCUT2D eigenvalue weighted by Gasteiger charge is 2.22. The van der Waals surface area contributed by atoms with Crippen LogP contribution in [0.3, 0.4) is 0 Å². The molecule has 36 heavy (non-hydrogen) atoms. The molecule has 0 amide bonds. The summed E-state index contributed by atoms with van der Waals surface area (Å²) < 4.78 is 22.1. The molecule has 0 aliphatic carbocycles. The van der Waals surface area contributed by atoms with Crippen molar-refractivity contribution in [2.24, 2.45) is 0 Å². The largest absolute Gasteiger partial charge is 0.478 e. The summed E-state index contributed by atoms with van der Waals surface area (Å²) >= 11 is 0. The van der Waals surface area contributed by atoms with Crippen LogP contribution in [0.25, 0.3) is 33.3 Å². The number of aromatic nitrogens is 4. The van der Waals surface area contributed by atoms with E-state index in [0.29, 0.717) is 22.4 Å². The number of aryl methyl sites for hydroxylation is 2. The van der Waals surface area contributed by atoms with Gasteiger partial charge in [0.25, 0.3) is 0 Å². The molecule has 0 fully saturated rings. The van der Waals surface area contributed by atoms with E-state index in [2.05, 4.69) is 21.6 Å². The molecule has 5 aromatic rings. The standard InChI is InChI=1S/C27H23FN4O3.CH4/c1-4-23(22-7-5-6-10-29-22)32-14-20(17-8-9-19(27(33)34)21(28)11-17)26-24(32)12-18(13-30-26)25-15(2)31-35-16(25)3;/h5-14,23H,4H2,1-3H3,(H,33,34);1H4/t23-;/m0./s1. The summed E-state index contributed by atoms with van der Waals surface area (Å²) in [4.78, 5) is 20.6. The van der Waals surface area contributed by atoms with Gasteiger partial charge in [0, 0.05) is 35.3 Å². The molecule has 0 spiro atoms. The van der Waals surface area contributed by atoms with Crippen molar-refractivity contribution in [2.75, 3.05) is 0 Å². The van der Waals surface area contributed by atoms with Gasteiger partial charge >= 0.3 is 5.97 Å². The van der Waals surface area contributed by atoms with Gasteiger partial charge in [0.1, 0.15) is 11.6 Å². The summed E-state index contributed by atoms with van der Waals surface area (Å²) in [7, 11) is 0. The number of carboxylic acids is 1. The zero-order chi connectivity index (χ0) is 24.7. The maximum Gasteiger partial charge on any atom is 0.338 e. The Morgan fingerprint density at radius 2 is 1.94 bits per heavy atom. The zero-order valence-corrected chi connectivity index (χ0v) is 19.5. The Labute approximate surface area is 208 Å². The van der Waals surface area contributed by atoms with Crippen molar-refractivity contribution in [3.63, 3.8) is 0 Å². The first-order valence-electron chi connectivity index (χ1n) is 11.3. The molecule has 0 unspecified atom stereocenters. The van der Waals surface area contributed by atoms with Crippen molar-refractivity contribution < 1.29 is 18.8 Å². The molecule has 1 N–H and O–H groups in total. The fourth-order valence-electron chi connectivity index (χ4n) is 4.61. The Kier molecular flexibility index (Phi) is 6.70. The molecule has 184 valence electrons. The molecule has 0 aliphatic heterocycles. The van der Waals surface area contributed by atoms with Crippen LogP contribution in [0.4, 0.5) is 4.39 Å². The second-order valence-corrected chi connectivity index (χ2v) is 8.42. The lowest BCUT2D eigenvalue weighted by molar-refractivity contribution is 0.0692. The van der Waals surface area contributed by atoms with Gasteiger partial charge in [0.2, 0.25) is 0 Å². The first-order chi connectivity index (χ1) is 16.9. The van der Waals surface area contributed by atoms with Gasteiger partial charge in [-0.2, -0.15) is 0 Å². The molecule has 7 nitrogen and oxygen atoms in total. The van der Waals surface area contributed by atoms with E-state index in [1.165, 1.54) is 12.1 Å². The maximum atomic E-state index is 14.6. The number of benzene rings is 1. The minimum absolute atomic E-state index is 0. The summed E-state index contributed by atoms with van der Waals surface area (Å²) in [5.74, 6) is -1.40. The Balaban J connectivity index is 0.00000304. The Morgan fingerprint density at radius 3 is 2.56 bits per heavy atom. The van der Waals surface area contributed by atoms with E-state index in [1.54, 1.807) is 18.5 Å². The molecule has 0 aliphatic rings. The van der Waals surface area contributed by atoms with Gasteiger partial charge in [-0.15, -0.1) is 0 Å². The van der Waals surface area contributed by atoms with Crippen molar-refractivity contribution in [3.8, 4) is 22.3 Å². The van der Waals surface area contributed by atoms with Crippen LogP contribution in [-0.4, -0.2) is 30.8 Å². The van der Waals surface area contributed by atoms with Crippen molar-refractivity contribution >= 4 is 17.0 Å². The SMILES string of the molecule is C.CC[C@@H](c1ccccn1)n1cc(-c2ccc(C(=O)O)c(F)c2)c2ncc(-c3c(C)noc3C)cc21. The van der Waals surface area contributed by atoms with Gasteiger partial charge in [-0.1, -0.05) is 31.6 Å². The fourth-order valence-corrected chi connectivity index (χ4v) is 4.61. The van der Waals surface area contributed by atoms with E-state index >= 15 is 0 Å². The summed E-state index contributed by atoms with van der Waals surface area (Å²) in [5.41, 5.74) is 5.82. The number of nitrogens with zero attached hydrogens (tertiary/aromatic N) is 4. The number of carboxylic acid groups (broad SMARTS) is 1. The Hall–Kier alpha value is -4.33. The van der Waals surface area contributed by atoms with Crippen molar-refractivity contribution in [2.45, 2.75) is 40.7 Å². The molecule has 0 radical (unpaired) electrons. The normalized spacial score (nSPS) is 11.9. The molecule has 0 saturated carbocycles. The topological polar surface area (TPSA) is 94.0 Å². The highest BCUT2D eigenvalue weighted by atomic mass is 19.1. The van der Waals surface area contributed by atoms with E-state index in [1.807, 2.05) is 44.3 Å². The second-order valence-electron chi connectivity index (χ2n) is 8.42. The minimum Gasteiger partial charge on any atom is -0.478 e. The fraction of sp³-hybridized carbons (Fsp3) is 0.214. The predicted octanol–water partition coefficient (Wildman–Crippen LogP) is 6.84. The lowest BCUT2D eigenvalue weighted by atomic mass is 10.0. The highest BCUT2D eigenvalue weighted by molar-refractivity contribution is 5.96. The number of hydrogen-bond donors (Lipinski definition) is 1. The molecular formula is C28H27FN4O3. The van der Waals surface area contributed by atoms with Crippen LogP contribution in [0.2, 0.25) is 0 Å². The molecule has 1 aromatic carbocycles. The average molecular weight is 487 g/mol. The molecular weight excluding hydrogens is 459 g/mol. The van der Waals surface area contributed by atoms with E-state index in [-0.39, 0.29) is 19.0 Å². The molecule has 1 atom stereocenters. The summed E-state index contributed by atoms with van der Waals surface area (Å²) in [6.07, 6.45) is 6.22. The Morgan fingerprint density at radius 1 is 1.14 bits per heavy atom. The van der Waals surface area contributed by atoms with E-state index < -0.39 is 11.8 Å². The van der Waals surface area contributed by atoms with E-state index in [9.17, 15) is 14.3 Å². The van der Waals surface area contributed by atoms with Crippen LogP contribution < -0.4 is 0 Å². The molecule has 0 saturated heterocycles. The van der Waals surface area contributed by atoms with Crippen LogP contribution in [0.15, 0.2) is 65.6 Å². The number of pyridine rings is 2. The number of rotatable bonds is 6. The van der Waals surface area contributed by atoms with Gasteiger partial charge in [-0.3, -0.25) is 9.97 Å². The first-order valence-corrected chi connectivity index (χ1v) is 11.3. The predicted molar refractivity (Wildman–Crippen MR) is 136 cm³/mol. The Bertz CT molecular complexity index is 1540. The smallest absolute Gasteiger partial charge is 0.338 e. The van der Waals surface area contributed by atoms with Crippen LogP contribution >= 0.6 is 0 Å². The summed E-state index contributed by atoms with van der Waals surface area (Å²) in [6, 6.07) is 11.9. The van der Waals surface area contributed by atoms with Gasteiger partial charge in [-0.25, -0.2) is 9.18 Å². The highest BCUT2D eigenvalue weighted by Crippen LogP contribution is 2.37. The van der Waals surface area contributed by atoms with Crippen LogP contribution in [0.5, 0.6) is 0 Å². The average Bonchev–Trinajstić information content (AvgIpc) is 3.39. The van der Waals surface area contributed by atoms with Crippen molar-refractivity contribution in [1.29, 1.82) is 0 Å². The minimum atomic E-state index is -1.31. The maximum absolute atomic E-state index is 14.6. The molecule has 8 heteroatoms. The van der Waals surface area contributed by atoms with Gasteiger partial charge in [0.15, 0.2) is 0 Å². The molecule has 0 bridgehead atoms. The third kappa shape index (κ3) is 4.15. The van der Waals surface area contributed by atoms with Crippen molar-refractivity contribution in [3.05, 3.63) is 89.6 Å². The summed E-state index contributed by atoms with van der Waals surface area (Å²) in [5, 5.41) is 13.3. The number of aromatic carboxylic acids is 1. The van der Waals surface area contributed by atoms with Crippen LogP contribution in [0.1, 0.15) is 54.3 Å². The lowest BCUT2D eigenvalue weighted by Crippen LogP contribution is -2.10. The van der Waals surface area contributed by atoms with E-state index in [4.69, 9.17) is 9.51 Å². The van der Waals surface area contributed by atoms with Gasteiger partial charge in [0.05, 0.1) is 34.0 Å². The second kappa shape index (κ2) is 9.73. The van der Waals surface area contributed by atoms with Crippen LogP contribution in [0, 0.1) is 19.7 Å². The molecule has 4 heterocycles. The first kappa shape index (κ1) is 24.8. The van der Waals surface area contributed by atoms with Crippen LogP contribution in [-0.2, 0) is 0 Å². The lowest BCUT2D eigenvalue weighted by Gasteiger charge is -2.18. The van der Waals surface area contributed by atoms with Crippen molar-refractivity contribution in [1.82, 2.24) is 19.7 Å². The number of carbonyl (C=O) groups is 1. The zero-order valence-electron chi connectivity index (χ0n) is 19.5. The van der Waals surface area contributed by atoms with Gasteiger partial charge in [-0.05, 0) is 56.2 Å². The number of hydrogen-bond acceptors (Lipinski definition) is 5. The van der Waals surface area contributed by atoms with Gasteiger partial charge < -0.3 is 14.2 Å². The third-order valence-corrected chi connectivity index (χ3v) is 6.25.